The Balaban J connectivity index is 1.43. The van der Waals surface area contributed by atoms with Crippen molar-refractivity contribution in [1.29, 1.82) is 0 Å². The Kier molecular flexibility index (Phi) is 4.14. The molecule has 2 amide bonds. The first-order valence-electron chi connectivity index (χ1n) is 8.29. The largest absolute Gasteiger partial charge is 0.383 e. The zero-order valence-electron chi connectivity index (χ0n) is 13.6. The number of piperidine rings is 2. The van der Waals surface area contributed by atoms with E-state index >= 15 is 0 Å². The summed E-state index contributed by atoms with van der Waals surface area (Å²) in [6.07, 6.45) is 2.26. The third kappa shape index (κ3) is 3.04. The van der Waals surface area contributed by atoms with E-state index in [1.807, 2.05) is 4.90 Å². The number of carbonyl (C=O) groups is 1. The van der Waals surface area contributed by atoms with E-state index in [1.54, 1.807) is 7.11 Å². The van der Waals surface area contributed by atoms with E-state index in [-0.39, 0.29) is 6.03 Å². The molecule has 1 aliphatic carbocycles. The van der Waals surface area contributed by atoms with Gasteiger partial charge in [-0.25, -0.2) is 4.79 Å². The van der Waals surface area contributed by atoms with Gasteiger partial charge in [0.2, 0.25) is 0 Å². The lowest BCUT2D eigenvalue weighted by atomic mass is 10.1. The molecule has 21 heavy (non-hydrogen) atoms. The number of nitrogens with zero attached hydrogens (tertiary/aromatic N) is 2. The normalized spacial score (nSPS) is 34.6. The highest BCUT2D eigenvalue weighted by Crippen LogP contribution is 2.61. The first-order valence-corrected chi connectivity index (χ1v) is 8.29. The van der Waals surface area contributed by atoms with Crippen molar-refractivity contribution in [3.05, 3.63) is 0 Å². The first kappa shape index (κ1) is 15.1. The maximum Gasteiger partial charge on any atom is 0.317 e. The highest BCUT2D eigenvalue weighted by atomic mass is 16.5. The summed E-state index contributed by atoms with van der Waals surface area (Å²) in [5.74, 6) is 1.46. The van der Waals surface area contributed by atoms with Crippen molar-refractivity contribution in [2.24, 2.45) is 17.3 Å². The molecule has 2 aliphatic heterocycles. The molecule has 0 aromatic rings. The second kappa shape index (κ2) is 5.76. The fourth-order valence-corrected chi connectivity index (χ4v) is 4.16. The summed E-state index contributed by atoms with van der Waals surface area (Å²) in [6.45, 7) is 10.4. The van der Waals surface area contributed by atoms with Gasteiger partial charge in [-0.1, -0.05) is 13.8 Å². The van der Waals surface area contributed by atoms with Crippen molar-refractivity contribution in [3.63, 3.8) is 0 Å². The van der Waals surface area contributed by atoms with Crippen LogP contribution >= 0.6 is 0 Å². The van der Waals surface area contributed by atoms with Crippen LogP contribution in [0.4, 0.5) is 4.79 Å². The van der Waals surface area contributed by atoms with Gasteiger partial charge in [0.15, 0.2) is 0 Å². The quantitative estimate of drug-likeness (QED) is 0.852. The summed E-state index contributed by atoms with van der Waals surface area (Å²) in [7, 11) is 1.74. The second-order valence-corrected chi connectivity index (χ2v) is 7.52. The van der Waals surface area contributed by atoms with Gasteiger partial charge >= 0.3 is 6.03 Å². The Morgan fingerprint density at radius 1 is 1.29 bits per heavy atom. The van der Waals surface area contributed by atoms with E-state index in [2.05, 4.69) is 24.1 Å². The van der Waals surface area contributed by atoms with Gasteiger partial charge in [0.25, 0.3) is 0 Å². The third-order valence-electron chi connectivity index (χ3n) is 5.85. The summed E-state index contributed by atoms with van der Waals surface area (Å²) >= 11 is 0. The molecule has 0 spiro atoms. The van der Waals surface area contributed by atoms with Gasteiger partial charge in [-0.3, -0.25) is 4.90 Å². The molecule has 0 aromatic heterocycles. The molecule has 3 rings (SSSR count). The van der Waals surface area contributed by atoms with Gasteiger partial charge in [0.1, 0.15) is 0 Å². The molecule has 3 atom stereocenters. The van der Waals surface area contributed by atoms with Crippen molar-refractivity contribution in [2.45, 2.75) is 32.7 Å². The minimum atomic E-state index is 0.150. The zero-order chi connectivity index (χ0) is 15.0. The number of rotatable bonds is 4. The molecular weight excluding hydrogens is 266 g/mol. The van der Waals surface area contributed by atoms with Gasteiger partial charge in [0.05, 0.1) is 6.61 Å². The lowest BCUT2D eigenvalue weighted by Crippen LogP contribution is -2.52. The van der Waals surface area contributed by atoms with E-state index in [0.717, 1.165) is 64.0 Å². The fraction of sp³-hybridized carbons (Fsp3) is 0.938. The van der Waals surface area contributed by atoms with E-state index < -0.39 is 0 Å². The molecule has 0 unspecified atom stereocenters. The van der Waals surface area contributed by atoms with Crippen LogP contribution in [0.15, 0.2) is 0 Å². The summed E-state index contributed by atoms with van der Waals surface area (Å²) in [5, 5.41) is 3.24. The summed E-state index contributed by atoms with van der Waals surface area (Å²) in [6, 6.07) is 0.449. The molecule has 1 saturated carbocycles. The lowest BCUT2D eigenvalue weighted by molar-refractivity contribution is 0.121. The van der Waals surface area contributed by atoms with Crippen LogP contribution in [0.1, 0.15) is 26.7 Å². The Morgan fingerprint density at radius 2 is 2.00 bits per heavy atom. The number of urea groups is 1. The number of nitrogens with one attached hydrogen (secondary N) is 1. The number of hydrogen-bond acceptors (Lipinski definition) is 3. The lowest BCUT2D eigenvalue weighted by Gasteiger charge is -2.34. The van der Waals surface area contributed by atoms with E-state index in [1.165, 1.54) is 0 Å². The number of methoxy groups -OCH3 is 1. The zero-order valence-corrected chi connectivity index (χ0v) is 13.6. The number of carbonyl (C=O) groups excluding carboxylic acids is 1. The molecular formula is C16H29N3O2. The van der Waals surface area contributed by atoms with Gasteiger partial charge in [0, 0.05) is 39.3 Å². The molecule has 0 radical (unpaired) electrons. The van der Waals surface area contributed by atoms with Gasteiger partial charge < -0.3 is 15.0 Å². The predicted octanol–water partition coefficient (Wildman–Crippen LogP) is 1.39. The Hall–Kier alpha value is -0.810. The van der Waals surface area contributed by atoms with Crippen molar-refractivity contribution >= 4 is 6.03 Å². The third-order valence-corrected chi connectivity index (χ3v) is 5.85. The monoisotopic (exact) mass is 295 g/mol. The van der Waals surface area contributed by atoms with Crippen LogP contribution in [0.25, 0.3) is 0 Å². The average Bonchev–Trinajstić information content (AvgIpc) is 2.82. The first-order chi connectivity index (χ1) is 10.0. The SMILES string of the molecule is COCCN1CCC[C@@H](NC(=O)N2C[C@@H]3[C@H](C2)C3(C)C)C1. The smallest absolute Gasteiger partial charge is 0.317 e. The number of fused-ring (bicyclic) bond motifs is 1. The molecule has 2 saturated heterocycles. The van der Waals surface area contributed by atoms with E-state index in [0.29, 0.717) is 11.5 Å². The predicted molar refractivity (Wildman–Crippen MR) is 82.2 cm³/mol. The highest BCUT2D eigenvalue weighted by molar-refractivity contribution is 5.75. The van der Waals surface area contributed by atoms with Crippen LogP contribution in [0, 0.1) is 17.3 Å². The molecule has 3 aliphatic rings. The molecule has 120 valence electrons. The van der Waals surface area contributed by atoms with Crippen LogP contribution in [0.5, 0.6) is 0 Å². The molecule has 5 heteroatoms. The Labute approximate surface area is 128 Å². The summed E-state index contributed by atoms with van der Waals surface area (Å²) in [5.41, 5.74) is 0.471. The number of amides is 2. The van der Waals surface area contributed by atoms with Crippen molar-refractivity contribution in [2.75, 3.05) is 46.4 Å². The van der Waals surface area contributed by atoms with Gasteiger partial charge in [-0.05, 0) is 36.6 Å². The average molecular weight is 295 g/mol. The molecule has 2 heterocycles. The van der Waals surface area contributed by atoms with Crippen LogP contribution in [0.2, 0.25) is 0 Å². The maximum atomic E-state index is 12.4. The highest BCUT2D eigenvalue weighted by Gasteiger charge is 2.62. The molecule has 5 nitrogen and oxygen atoms in total. The van der Waals surface area contributed by atoms with Crippen molar-refractivity contribution in [3.8, 4) is 0 Å². The van der Waals surface area contributed by atoms with Crippen LogP contribution < -0.4 is 5.32 Å². The fourth-order valence-electron chi connectivity index (χ4n) is 4.16. The minimum absolute atomic E-state index is 0.150. The number of ether oxygens (including phenoxy) is 1. The molecule has 0 bridgehead atoms. The molecule has 0 aromatic carbocycles. The molecule has 3 fully saturated rings. The van der Waals surface area contributed by atoms with Gasteiger partial charge in [-0.2, -0.15) is 0 Å². The number of likely N-dealkylation sites (tertiary alicyclic amines) is 2. The van der Waals surface area contributed by atoms with Crippen molar-refractivity contribution < 1.29 is 9.53 Å². The van der Waals surface area contributed by atoms with Crippen molar-refractivity contribution in [1.82, 2.24) is 15.1 Å². The maximum absolute atomic E-state index is 12.4. The van der Waals surface area contributed by atoms with Crippen LogP contribution in [0.3, 0.4) is 0 Å². The topological polar surface area (TPSA) is 44.8 Å². The van der Waals surface area contributed by atoms with Crippen LogP contribution in [-0.2, 0) is 4.74 Å². The summed E-state index contributed by atoms with van der Waals surface area (Å²) < 4.78 is 5.14. The minimum Gasteiger partial charge on any atom is -0.383 e. The standard InChI is InChI=1S/C16H29N3O2/c1-16(2)13-10-19(11-14(13)16)15(20)17-12-5-4-6-18(9-12)7-8-21-3/h12-14H,4-11H2,1-3H3,(H,17,20)/t12-,13-,14+/m1/s1. The number of hydrogen-bond donors (Lipinski definition) is 1. The van der Waals surface area contributed by atoms with E-state index in [4.69, 9.17) is 4.74 Å². The van der Waals surface area contributed by atoms with Gasteiger partial charge in [-0.15, -0.1) is 0 Å². The van der Waals surface area contributed by atoms with E-state index in [9.17, 15) is 4.79 Å². The Morgan fingerprint density at radius 3 is 2.67 bits per heavy atom. The van der Waals surface area contributed by atoms with Crippen LogP contribution in [-0.4, -0.2) is 68.3 Å². The molecule has 1 N–H and O–H groups in total. The second-order valence-electron chi connectivity index (χ2n) is 7.52. The Bertz CT molecular complexity index is 385. The summed E-state index contributed by atoms with van der Waals surface area (Å²) in [4.78, 5) is 16.8.